The van der Waals surface area contributed by atoms with Gasteiger partial charge in [0.05, 0.1) is 21.2 Å². The van der Waals surface area contributed by atoms with Crippen molar-refractivity contribution < 1.29 is 31.2 Å². The van der Waals surface area contributed by atoms with Crippen LogP contribution in [0, 0.1) is 5.92 Å². The van der Waals surface area contributed by atoms with E-state index in [0.717, 1.165) is 12.1 Å². The number of nitrogens with one attached hydrogen (secondary N) is 1. The molecule has 1 aliphatic heterocycles. The van der Waals surface area contributed by atoms with E-state index in [9.17, 15) is 31.2 Å². The van der Waals surface area contributed by atoms with E-state index in [1.165, 1.54) is 36.2 Å². The molecule has 2 aromatic carbocycles. The fourth-order valence-electron chi connectivity index (χ4n) is 4.12. The minimum atomic E-state index is -4.76. The molecule has 0 aromatic heterocycles. The maximum Gasteiger partial charge on any atom is 0.416 e. The standard InChI is InChI=1S/C24H27Cl2F3N4O4S/c1-30-23(35)32-11-9-16(10-12-32)14-31(2)22(34)15-33(38(36,37)19-6-4-18(25)5-7-19)21-13-17(24(27,28)29)3-8-20(21)26/h3-8,13,16H,9-12,14-15H2,1-2H3,(H,30,35). The van der Waals surface area contributed by atoms with E-state index in [4.69, 9.17) is 23.2 Å². The van der Waals surface area contributed by atoms with E-state index >= 15 is 0 Å². The fourth-order valence-corrected chi connectivity index (χ4v) is 5.94. The first kappa shape index (κ1) is 29.9. The minimum absolute atomic E-state index is 0.0586. The summed E-state index contributed by atoms with van der Waals surface area (Å²) in [4.78, 5) is 27.7. The summed E-state index contributed by atoms with van der Waals surface area (Å²) in [6.07, 6.45) is -3.49. The molecule has 0 atom stereocenters. The van der Waals surface area contributed by atoms with E-state index < -0.39 is 39.9 Å². The minimum Gasteiger partial charge on any atom is -0.344 e. The molecular formula is C24H27Cl2F3N4O4S. The number of hydrogen-bond acceptors (Lipinski definition) is 4. The Labute approximate surface area is 229 Å². The lowest BCUT2D eigenvalue weighted by Gasteiger charge is -2.34. The lowest BCUT2D eigenvalue weighted by molar-refractivity contribution is -0.137. The quantitative estimate of drug-likeness (QED) is 0.502. The third-order valence-electron chi connectivity index (χ3n) is 6.30. The number of sulfonamides is 1. The molecule has 0 bridgehead atoms. The van der Waals surface area contributed by atoms with Gasteiger partial charge in [-0.25, -0.2) is 13.2 Å². The monoisotopic (exact) mass is 594 g/mol. The van der Waals surface area contributed by atoms with E-state index in [2.05, 4.69) is 5.32 Å². The fraction of sp³-hybridized carbons (Fsp3) is 0.417. The van der Waals surface area contributed by atoms with Gasteiger partial charge in [-0.1, -0.05) is 23.2 Å². The van der Waals surface area contributed by atoms with Crippen molar-refractivity contribution in [2.45, 2.75) is 23.9 Å². The molecule has 1 fully saturated rings. The Morgan fingerprint density at radius 1 is 1.08 bits per heavy atom. The van der Waals surface area contributed by atoms with E-state index in [1.54, 1.807) is 11.9 Å². The van der Waals surface area contributed by atoms with Crippen LogP contribution in [0.5, 0.6) is 0 Å². The topological polar surface area (TPSA) is 90.0 Å². The van der Waals surface area contributed by atoms with Gasteiger partial charge in [0, 0.05) is 38.8 Å². The predicted octanol–water partition coefficient (Wildman–Crippen LogP) is 4.72. The number of hydrogen-bond donors (Lipinski definition) is 1. The molecule has 3 amide bonds. The van der Waals surface area contributed by atoms with Gasteiger partial charge in [-0.05, 0) is 61.2 Å². The van der Waals surface area contributed by atoms with Crippen molar-refractivity contribution in [1.82, 2.24) is 15.1 Å². The molecule has 3 rings (SSSR count). The van der Waals surface area contributed by atoms with Crippen LogP contribution in [0.2, 0.25) is 10.0 Å². The van der Waals surface area contributed by atoms with Crippen LogP contribution in [0.15, 0.2) is 47.4 Å². The Morgan fingerprint density at radius 2 is 1.68 bits per heavy atom. The second-order valence-electron chi connectivity index (χ2n) is 8.89. The number of rotatable bonds is 7. The molecule has 0 radical (unpaired) electrons. The van der Waals surface area contributed by atoms with Crippen LogP contribution in [0.1, 0.15) is 18.4 Å². The first-order valence-electron chi connectivity index (χ1n) is 11.6. The number of benzene rings is 2. The van der Waals surface area contributed by atoms with Gasteiger partial charge in [0.25, 0.3) is 10.0 Å². The highest BCUT2D eigenvalue weighted by Gasteiger charge is 2.35. The van der Waals surface area contributed by atoms with Gasteiger partial charge < -0.3 is 15.1 Å². The largest absolute Gasteiger partial charge is 0.416 e. The molecule has 1 saturated heterocycles. The number of carbonyl (C=O) groups excluding carboxylic acids is 2. The summed E-state index contributed by atoms with van der Waals surface area (Å²) >= 11 is 12.0. The second-order valence-corrected chi connectivity index (χ2v) is 11.6. The Morgan fingerprint density at radius 3 is 2.24 bits per heavy atom. The van der Waals surface area contributed by atoms with Gasteiger partial charge >= 0.3 is 12.2 Å². The van der Waals surface area contributed by atoms with Crippen LogP contribution in [0.4, 0.5) is 23.7 Å². The van der Waals surface area contributed by atoms with Gasteiger partial charge in [-0.2, -0.15) is 13.2 Å². The molecule has 0 spiro atoms. The second kappa shape index (κ2) is 12.0. The lowest BCUT2D eigenvalue weighted by Crippen LogP contribution is -2.46. The Kier molecular flexibility index (Phi) is 9.43. The highest BCUT2D eigenvalue weighted by atomic mass is 35.5. The molecule has 1 aliphatic rings. The zero-order valence-electron chi connectivity index (χ0n) is 20.6. The third kappa shape index (κ3) is 7.03. The summed E-state index contributed by atoms with van der Waals surface area (Å²) in [7, 11) is -1.48. The number of piperidine rings is 1. The number of carbonyl (C=O) groups is 2. The lowest BCUT2D eigenvalue weighted by atomic mass is 9.96. The molecule has 14 heteroatoms. The summed E-state index contributed by atoms with van der Waals surface area (Å²) in [6, 6.07) is 7.13. The molecule has 0 aliphatic carbocycles. The van der Waals surface area contributed by atoms with Gasteiger partial charge in [0.1, 0.15) is 6.54 Å². The van der Waals surface area contributed by atoms with Gasteiger partial charge in [-0.15, -0.1) is 0 Å². The normalized spacial score (nSPS) is 14.8. The van der Waals surface area contributed by atoms with Crippen molar-refractivity contribution in [1.29, 1.82) is 0 Å². The number of anilines is 1. The Balaban J connectivity index is 1.88. The van der Waals surface area contributed by atoms with Gasteiger partial charge in [0.15, 0.2) is 0 Å². The number of alkyl halides is 3. The molecule has 1 N–H and O–H groups in total. The Bertz CT molecular complexity index is 1270. The summed E-state index contributed by atoms with van der Waals surface area (Å²) in [5.74, 6) is -0.576. The van der Waals surface area contributed by atoms with E-state index in [1.807, 2.05) is 0 Å². The van der Waals surface area contributed by atoms with Crippen LogP contribution in [-0.2, 0) is 21.0 Å². The molecule has 208 valence electrons. The maximum absolute atomic E-state index is 13.6. The molecule has 1 heterocycles. The average molecular weight is 595 g/mol. The molecule has 0 saturated carbocycles. The summed E-state index contributed by atoms with van der Waals surface area (Å²) in [5, 5.41) is 2.55. The van der Waals surface area contributed by atoms with Crippen molar-refractivity contribution in [3.05, 3.63) is 58.1 Å². The number of likely N-dealkylation sites (N-methyl/N-ethyl adjacent to an activating group) is 1. The smallest absolute Gasteiger partial charge is 0.344 e. The summed E-state index contributed by atoms with van der Waals surface area (Å²) in [6.45, 7) is 0.512. The van der Waals surface area contributed by atoms with Crippen LogP contribution < -0.4 is 9.62 Å². The predicted molar refractivity (Wildman–Crippen MR) is 139 cm³/mol. The van der Waals surface area contributed by atoms with Crippen molar-refractivity contribution in [2.75, 3.05) is 44.6 Å². The zero-order valence-corrected chi connectivity index (χ0v) is 23.0. The van der Waals surface area contributed by atoms with Crippen LogP contribution in [0.25, 0.3) is 0 Å². The molecule has 8 nitrogen and oxygen atoms in total. The average Bonchev–Trinajstić information content (AvgIpc) is 2.87. The van der Waals surface area contributed by atoms with Gasteiger partial charge in [0.2, 0.25) is 5.91 Å². The van der Waals surface area contributed by atoms with Crippen LogP contribution in [0.3, 0.4) is 0 Å². The first-order valence-corrected chi connectivity index (χ1v) is 13.8. The van der Waals surface area contributed by atoms with Gasteiger partial charge in [-0.3, -0.25) is 9.10 Å². The van der Waals surface area contributed by atoms with Crippen molar-refractivity contribution >= 4 is 50.9 Å². The molecule has 0 unspecified atom stereocenters. The summed E-state index contributed by atoms with van der Waals surface area (Å²) in [5.41, 5.74) is -1.59. The first-order chi connectivity index (χ1) is 17.7. The highest BCUT2D eigenvalue weighted by molar-refractivity contribution is 7.92. The highest BCUT2D eigenvalue weighted by Crippen LogP contribution is 2.37. The molecule has 38 heavy (non-hydrogen) atoms. The Hall–Kier alpha value is -2.70. The number of amides is 3. The third-order valence-corrected chi connectivity index (χ3v) is 8.64. The number of nitrogens with zero attached hydrogens (tertiary/aromatic N) is 3. The molecule has 2 aromatic rings. The van der Waals surface area contributed by atoms with Crippen LogP contribution >= 0.6 is 23.2 Å². The van der Waals surface area contributed by atoms with Crippen molar-refractivity contribution in [3.63, 3.8) is 0 Å². The van der Waals surface area contributed by atoms with E-state index in [0.29, 0.717) is 36.3 Å². The van der Waals surface area contributed by atoms with E-state index in [-0.39, 0.29) is 33.4 Å². The maximum atomic E-state index is 13.6. The molecular weight excluding hydrogens is 568 g/mol. The zero-order chi connectivity index (χ0) is 28.3. The number of halogens is 5. The van der Waals surface area contributed by atoms with Crippen molar-refractivity contribution in [3.8, 4) is 0 Å². The number of urea groups is 1. The SMILES string of the molecule is CNC(=O)N1CCC(CN(C)C(=O)CN(c2cc(C(F)(F)F)ccc2Cl)S(=O)(=O)c2ccc(Cl)cc2)CC1. The number of likely N-dealkylation sites (tertiary alicyclic amines) is 1. The van der Waals surface area contributed by atoms with Crippen molar-refractivity contribution in [2.24, 2.45) is 5.92 Å². The summed E-state index contributed by atoms with van der Waals surface area (Å²) < 4.78 is 68.1. The van der Waals surface area contributed by atoms with Crippen LogP contribution in [-0.4, -0.2) is 70.4 Å².